The Morgan fingerprint density at radius 1 is 1.00 bits per heavy atom. The second-order valence-electron chi connectivity index (χ2n) is 6.69. The summed E-state index contributed by atoms with van der Waals surface area (Å²) < 4.78 is 25.1. The minimum absolute atomic E-state index is 0.166. The van der Waals surface area contributed by atoms with Gasteiger partial charge in [-0.1, -0.05) is 59.6 Å². The lowest BCUT2D eigenvalue weighted by atomic mass is 9.96. The molecule has 0 aliphatic carbocycles. The first-order valence-corrected chi connectivity index (χ1v) is 10.8. The number of guanidine groups is 1. The lowest BCUT2D eigenvalue weighted by molar-refractivity contribution is 0.576. The zero-order valence-corrected chi connectivity index (χ0v) is 17.1. The molecule has 1 atom stereocenters. The van der Waals surface area contributed by atoms with Crippen LogP contribution in [0.3, 0.4) is 0 Å². The van der Waals surface area contributed by atoms with Crippen molar-refractivity contribution in [2.45, 2.75) is 17.9 Å². The van der Waals surface area contributed by atoms with E-state index in [1.54, 1.807) is 30.3 Å². The minimum Gasteiger partial charge on any atom is -0.325 e. The molecular weight excluding hydrogens is 408 g/mol. The SMILES string of the molecule is Cc1ccc(S(=O)(=O)NNC2=N[C@@H](c3ccccc3)c3cc(Cl)ccc3N2)cc1. The lowest BCUT2D eigenvalue weighted by Gasteiger charge is -2.26. The number of hydrogen-bond donors (Lipinski definition) is 3. The molecule has 0 spiro atoms. The zero-order valence-electron chi connectivity index (χ0n) is 15.6. The van der Waals surface area contributed by atoms with Crippen LogP contribution < -0.4 is 15.6 Å². The highest BCUT2D eigenvalue weighted by Gasteiger charge is 2.24. The van der Waals surface area contributed by atoms with Crippen LogP contribution in [-0.2, 0) is 10.0 Å². The summed E-state index contributed by atoms with van der Waals surface area (Å²) in [7, 11) is -3.75. The van der Waals surface area contributed by atoms with E-state index in [4.69, 9.17) is 11.6 Å². The van der Waals surface area contributed by atoms with E-state index in [1.807, 2.05) is 49.4 Å². The lowest BCUT2D eigenvalue weighted by Crippen LogP contribution is -2.46. The van der Waals surface area contributed by atoms with Crippen LogP contribution in [0.25, 0.3) is 0 Å². The van der Waals surface area contributed by atoms with E-state index < -0.39 is 10.0 Å². The monoisotopic (exact) mass is 426 g/mol. The molecule has 3 N–H and O–H groups in total. The highest BCUT2D eigenvalue weighted by Crippen LogP contribution is 2.36. The van der Waals surface area contributed by atoms with Crippen LogP contribution in [0.1, 0.15) is 22.7 Å². The number of hydrogen-bond acceptors (Lipinski definition) is 5. The van der Waals surface area contributed by atoms with Gasteiger partial charge in [-0.3, -0.25) is 5.43 Å². The third kappa shape index (κ3) is 4.27. The maximum atomic E-state index is 12.6. The molecule has 0 saturated heterocycles. The number of sulfonamides is 1. The molecule has 0 unspecified atom stereocenters. The fourth-order valence-electron chi connectivity index (χ4n) is 3.08. The van der Waals surface area contributed by atoms with E-state index in [1.165, 1.54) is 0 Å². The highest BCUT2D eigenvalue weighted by molar-refractivity contribution is 7.89. The van der Waals surface area contributed by atoms with Gasteiger partial charge in [0.2, 0.25) is 5.96 Å². The van der Waals surface area contributed by atoms with Gasteiger partial charge in [0, 0.05) is 16.3 Å². The third-order valence-electron chi connectivity index (χ3n) is 4.57. The first-order chi connectivity index (χ1) is 13.9. The van der Waals surface area contributed by atoms with E-state index in [0.29, 0.717) is 11.0 Å². The first-order valence-electron chi connectivity index (χ1n) is 8.96. The van der Waals surface area contributed by atoms with Crippen molar-refractivity contribution in [3.05, 3.63) is 94.5 Å². The molecule has 3 aromatic rings. The number of fused-ring (bicyclic) bond motifs is 1. The average molecular weight is 427 g/mol. The second kappa shape index (κ2) is 7.87. The van der Waals surface area contributed by atoms with Crippen molar-refractivity contribution in [1.29, 1.82) is 0 Å². The predicted octanol–water partition coefficient (Wildman–Crippen LogP) is 4.00. The molecule has 0 bridgehead atoms. The van der Waals surface area contributed by atoms with Gasteiger partial charge in [-0.15, -0.1) is 4.83 Å². The van der Waals surface area contributed by atoms with Gasteiger partial charge in [-0.2, -0.15) is 0 Å². The van der Waals surface area contributed by atoms with Crippen LogP contribution >= 0.6 is 11.6 Å². The van der Waals surface area contributed by atoms with Gasteiger partial charge in [0.1, 0.15) is 6.04 Å². The number of aryl methyl sites for hydroxylation is 1. The highest BCUT2D eigenvalue weighted by atomic mass is 35.5. The predicted molar refractivity (Wildman–Crippen MR) is 115 cm³/mol. The number of aliphatic imine (C=N–C) groups is 1. The van der Waals surface area contributed by atoms with E-state index in [-0.39, 0.29) is 10.9 Å². The minimum atomic E-state index is -3.75. The molecule has 1 aliphatic heterocycles. The average Bonchev–Trinajstić information content (AvgIpc) is 2.73. The Kier molecular flexibility index (Phi) is 5.27. The van der Waals surface area contributed by atoms with E-state index in [0.717, 1.165) is 22.4 Å². The van der Waals surface area contributed by atoms with Gasteiger partial charge in [0.25, 0.3) is 10.0 Å². The van der Waals surface area contributed by atoms with Gasteiger partial charge in [-0.25, -0.2) is 13.4 Å². The smallest absolute Gasteiger partial charge is 0.257 e. The van der Waals surface area contributed by atoms with Crippen molar-refractivity contribution in [2.24, 2.45) is 4.99 Å². The van der Waals surface area contributed by atoms with Crippen molar-refractivity contribution in [3.8, 4) is 0 Å². The summed E-state index contributed by atoms with van der Waals surface area (Å²) in [4.78, 5) is 7.20. The molecule has 29 heavy (non-hydrogen) atoms. The van der Waals surface area contributed by atoms with E-state index in [2.05, 4.69) is 20.6 Å². The molecule has 148 valence electrons. The maximum Gasteiger partial charge on any atom is 0.257 e. The number of rotatable bonds is 4. The van der Waals surface area contributed by atoms with Gasteiger partial charge >= 0.3 is 0 Å². The number of nitrogens with one attached hydrogen (secondary N) is 3. The molecule has 0 aromatic heterocycles. The van der Waals surface area contributed by atoms with Gasteiger partial charge < -0.3 is 5.32 Å². The maximum absolute atomic E-state index is 12.6. The standard InChI is InChI=1S/C21H19ClN4O2S/c1-14-7-10-17(11-8-14)29(27,28)26-25-21-23-19-12-9-16(22)13-18(19)20(24-21)15-5-3-2-4-6-15/h2-13,20,26H,1H3,(H2,23,24,25)/t20-/m0/s1. The number of halogens is 1. The quantitative estimate of drug-likeness (QED) is 0.550. The second-order valence-corrected chi connectivity index (χ2v) is 8.81. The summed E-state index contributed by atoms with van der Waals surface area (Å²) in [6.07, 6.45) is 0. The van der Waals surface area contributed by atoms with Crippen LogP contribution in [0, 0.1) is 6.92 Å². The topological polar surface area (TPSA) is 82.6 Å². The van der Waals surface area contributed by atoms with Gasteiger partial charge in [0.05, 0.1) is 4.90 Å². The number of nitrogens with zero attached hydrogens (tertiary/aromatic N) is 1. The van der Waals surface area contributed by atoms with Gasteiger partial charge in [-0.05, 0) is 42.8 Å². The zero-order chi connectivity index (χ0) is 20.4. The van der Waals surface area contributed by atoms with E-state index >= 15 is 0 Å². The molecule has 4 rings (SSSR count). The Morgan fingerprint density at radius 2 is 1.72 bits per heavy atom. The summed E-state index contributed by atoms with van der Waals surface area (Å²) in [5, 5.41) is 3.72. The van der Waals surface area contributed by atoms with Crippen molar-refractivity contribution in [1.82, 2.24) is 10.3 Å². The van der Waals surface area contributed by atoms with Crippen molar-refractivity contribution in [2.75, 3.05) is 5.32 Å². The van der Waals surface area contributed by atoms with Crippen LogP contribution in [0.5, 0.6) is 0 Å². The third-order valence-corrected chi connectivity index (χ3v) is 6.07. The number of benzene rings is 3. The Hall–Kier alpha value is -2.87. The van der Waals surface area contributed by atoms with Gasteiger partial charge in [0.15, 0.2) is 0 Å². The van der Waals surface area contributed by atoms with Crippen LogP contribution in [0.15, 0.2) is 82.7 Å². The molecule has 0 fully saturated rings. The van der Waals surface area contributed by atoms with Crippen LogP contribution in [0.4, 0.5) is 5.69 Å². The Labute approximate surface area is 174 Å². The number of hydrazine groups is 1. The van der Waals surface area contributed by atoms with Crippen LogP contribution in [-0.4, -0.2) is 14.4 Å². The Balaban J connectivity index is 1.61. The van der Waals surface area contributed by atoms with Crippen molar-refractivity contribution >= 4 is 33.3 Å². The molecule has 0 saturated carbocycles. The van der Waals surface area contributed by atoms with E-state index in [9.17, 15) is 8.42 Å². The molecule has 1 aliphatic rings. The molecular formula is C21H19ClN4O2S. The normalized spacial score (nSPS) is 15.8. The largest absolute Gasteiger partial charge is 0.325 e. The summed E-state index contributed by atoms with van der Waals surface area (Å²) in [5.41, 5.74) is 6.37. The Bertz CT molecular complexity index is 1160. The molecule has 1 heterocycles. The molecule has 0 radical (unpaired) electrons. The summed E-state index contributed by atoms with van der Waals surface area (Å²) >= 11 is 6.18. The molecule has 3 aromatic carbocycles. The summed E-state index contributed by atoms with van der Waals surface area (Å²) in [6, 6.07) is 21.5. The van der Waals surface area contributed by atoms with Crippen LogP contribution in [0.2, 0.25) is 5.02 Å². The molecule has 8 heteroatoms. The van der Waals surface area contributed by atoms with Crippen molar-refractivity contribution < 1.29 is 8.42 Å². The molecule has 6 nitrogen and oxygen atoms in total. The number of anilines is 1. The fraction of sp³-hybridized carbons (Fsp3) is 0.0952. The molecule has 0 amide bonds. The first kappa shape index (κ1) is 19.4. The summed E-state index contributed by atoms with van der Waals surface area (Å²) in [6.45, 7) is 1.90. The summed E-state index contributed by atoms with van der Waals surface area (Å²) in [5.74, 6) is 0.296. The fourth-order valence-corrected chi connectivity index (χ4v) is 4.10. The van der Waals surface area contributed by atoms with Crippen molar-refractivity contribution in [3.63, 3.8) is 0 Å². The Morgan fingerprint density at radius 3 is 2.45 bits per heavy atom.